The van der Waals surface area contributed by atoms with Crippen LogP contribution in [0.4, 0.5) is 0 Å². The Morgan fingerprint density at radius 3 is 3.20 bits per heavy atom. The summed E-state index contributed by atoms with van der Waals surface area (Å²) in [5.74, 6) is -0.0561. The molecule has 3 nitrogen and oxygen atoms in total. The zero-order chi connectivity index (χ0) is 7.14. The van der Waals surface area contributed by atoms with Gasteiger partial charge in [-0.1, -0.05) is 22.9 Å². The smallest absolute Gasteiger partial charge is 0.263 e. The van der Waals surface area contributed by atoms with Gasteiger partial charge in [-0.05, 0) is 0 Å². The zero-order valence-electron chi connectivity index (χ0n) is 4.85. The quantitative estimate of drug-likeness (QED) is 0.639. The largest absolute Gasteiger partial charge is 0.346 e. The predicted octanol–water partition coefficient (Wildman–Crippen LogP) is 1.04. The number of thiazole rings is 1. The lowest BCUT2D eigenvalue weighted by atomic mass is 10.4. The molecule has 1 N–H and O–H groups in total. The van der Waals surface area contributed by atoms with Gasteiger partial charge in [0.15, 0.2) is 4.47 Å². The van der Waals surface area contributed by atoms with Crippen LogP contribution in [0.1, 0.15) is 15.4 Å². The number of nitrogens with one attached hydrogen (secondary N) is 1. The maximum Gasteiger partial charge on any atom is 0.263 e. The summed E-state index contributed by atoms with van der Waals surface area (Å²) in [7, 11) is 0. The van der Waals surface area contributed by atoms with Crippen LogP contribution < -0.4 is 5.32 Å². The van der Waals surface area contributed by atoms with Gasteiger partial charge in [-0.25, -0.2) is 4.98 Å². The average Bonchev–Trinajstić information content (AvgIpc) is 2.35. The van der Waals surface area contributed by atoms with Crippen LogP contribution in [-0.2, 0) is 6.54 Å². The molecule has 1 aliphatic heterocycles. The third kappa shape index (κ3) is 0.726. The van der Waals surface area contributed by atoms with E-state index < -0.39 is 0 Å². The lowest BCUT2D eigenvalue weighted by Gasteiger charge is -1.85. The van der Waals surface area contributed by atoms with E-state index in [-0.39, 0.29) is 5.91 Å². The number of halogens is 1. The molecule has 1 aromatic rings. The molecule has 0 bridgehead atoms. The van der Waals surface area contributed by atoms with Gasteiger partial charge in [0.25, 0.3) is 5.91 Å². The lowest BCUT2D eigenvalue weighted by Crippen LogP contribution is -2.12. The zero-order valence-corrected chi connectivity index (χ0v) is 6.42. The highest BCUT2D eigenvalue weighted by atomic mass is 35.5. The van der Waals surface area contributed by atoms with Crippen molar-refractivity contribution in [2.45, 2.75) is 6.54 Å². The molecule has 10 heavy (non-hydrogen) atoms. The Kier molecular flexibility index (Phi) is 1.18. The summed E-state index contributed by atoms with van der Waals surface area (Å²) < 4.78 is 0.444. The molecule has 0 spiro atoms. The lowest BCUT2D eigenvalue weighted by molar-refractivity contribution is 0.0969. The van der Waals surface area contributed by atoms with E-state index in [0.717, 1.165) is 5.69 Å². The Bertz CT molecular complexity index is 296. The van der Waals surface area contributed by atoms with Crippen molar-refractivity contribution in [1.82, 2.24) is 10.3 Å². The van der Waals surface area contributed by atoms with Gasteiger partial charge in [0, 0.05) is 0 Å². The third-order valence-corrected chi connectivity index (χ3v) is 2.49. The highest BCUT2D eigenvalue weighted by Gasteiger charge is 2.23. The number of hydrogen-bond donors (Lipinski definition) is 1. The first-order valence-corrected chi connectivity index (χ1v) is 3.90. The van der Waals surface area contributed by atoms with E-state index in [0.29, 0.717) is 15.9 Å². The van der Waals surface area contributed by atoms with E-state index in [4.69, 9.17) is 11.6 Å². The molecule has 0 radical (unpaired) electrons. The van der Waals surface area contributed by atoms with E-state index in [1.165, 1.54) is 11.3 Å². The van der Waals surface area contributed by atoms with Crippen LogP contribution in [0.2, 0.25) is 4.47 Å². The van der Waals surface area contributed by atoms with Crippen LogP contribution in [0, 0.1) is 0 Å². The van der Waals surface area contributed by atoms with Gasteiger partial charge in [0.05, 0.1) is 12.2 Å². The molecule has 1 aliphatic rings. The van der Waals surface area contributed by atoms with E-state index in [1.54, 1.807) is 0 Å². The molecule has 2 rings (SSSR count). The summed E-state index contributed by atoms with van der Waals surface area (Å²) in [6.07, 6.45) is 0. The molecule has 0 saturated carbocycles. The van der Waals surface area contributed by atoms with Crippen molar-refractivity contribution in [2.24, 2.45) is 0 Å². The van der Waals surface area contributed by atoms with Crippen molar-refractivity contribution in [3.8, 4) is 0 Å². The monoisotopic (exact) mass is 174 g/mol. The Hall–Kier alpha value is -0.610. The van der Waals surface area contributed by atoms with Crippen molar-refractivity contribution in [2.75, 3.05) is 0 Å². The maximum atomic E-state index is 10.9. The van der Waals surface area contributed by atoms with Gasteiger partial charge in [0.2, 0.25) is 0 Å². The second-order valence-corrected chi connectivity index (χ2v) is 3.51. The van der Waals surface area contributed by atoms with Crippen molar-refractivity contribution in [1.29, 1.82) is 0 Å². The van der Waals surface area contributed by atoms with Gasteiger partial charge < -0.3 is 5.32 Å². The van der Waals surface area contributed by atoms with Crippen LogP contribution in [0.15, 0.2) is 0 Å². The first-order valence-electron chi connectivity index (χ1n) is 2.71. The van der Waals surface area contributed by atoms with Crippen molar-refractivity contribution < 1.29 is 4.79 Å². The fourth-order valence-electron chi connectivity index (χ4n) is 0.864. The number of hydrogen-bond acceptors (Lipinski definition) is 3. The summed E-state index contributed by atoms with van der Waals surface area (Å²) in [5.41, 5.74) is 0.778. The second-order valence-electron chi connectivity index (χ2n) is 1.93. The van der Waals surface area contributed by atoms with Gasteiger partial charge in [-0.2, -0.15) is 0 Å². The van der Waals surface area contributed by atoms with Crippen molar-refractivity contribution >= 4 is 28.8 Å². The maximum absolute atomic E-state index is 10.9. The fourth-order valence-corrected chi connectivity index (χ4v) is 1.92. The molecule has 0 aliphatic carbocycles. The topological polar surface area (TPSA) is 42.0 Å². The Morgan fingerprint density at radius 2 is 2.50 bits per heavy atom. The highest BCUT2D eigenvalue weighted by Crippen LogP contribution is 2.25. The van der Waals surface area contributed by atoms with E-state index >= 15 is 0 Å². The molecule has 1 aromatic heterocycles. The molecule has 52 valence electrons. The minimum atomic E-state index is -0.0561. The molecule has 0 atom stereocenters. The summed E-state index contributed by atoms with van der Waals surface area (Å²) in [6.45, 7) is 0.525. The van der Waals surface area contributed by atoms with Crippen LogP contribution in [0.25, 0.3) is 0 Å². The molecular weight excluding hydrogens is 172 g/mol. The van der Waals surface area contributed by atoms with Gasteiger partial charge in [0.1, 0.15) is 4.88 Å². The molecule has 0 fully saturated rings. The summed E-state index contributed by atoms with van der Waals surface area (Å²) in [6, 6.07) is 0. The summed E-state index contributed by atoms with van der Waals surface area (Å²) in [4.78, 5) is 15.5. The van der Waals surface area contributed by atoms with Gasteiger partial charge in [-0.15, -0.1) is 0 Å². The van der Waals surface area contributed by atoms with Crippen LogP contribution in [0.5, 0.6) is 0 Å². The molecule has 1 amide bonds. The van der Waals surface area contributed by atoms with Crippen LogP contribution in [-0.4, -0.2) is 10.9 Å². The molecular formula is C5H3ClN2OS. The van der Waals surface area contributed by atoms with Crippen LogP contribution in [0.3, 0.4) is 0 Å². The average molecular weight is 175 g/mol. The molecule has 0 aromatic carbocycles. The highest BCUT2D eigenvalue weighted by molar-refractivity contribution is 7.17. The Labute approximate surface area is 66.0 Å². The van der Waals surface area contributed by atoms with Crippen molar-refractivity contribution in [3.63, 3.8) is 0 Å². The number of amides is 1. The standard InChI is InChI=1S/C5H3ClN2OS/c6-5-8-2-1-7-4(9)3(2)10-5/h1H2,(H,7,9). The Balaban J connectivity index is 2.59. The van der Waals surface area contributed by atoms with E-state index in [2.05, 4.69) is 10.3 Å². The number of aromatic nitrogens is 1. The minimum Gasteiger partial charge on any atom is -0.346 e. The second kappa shape index (κ2) is 1.93. The molecule has 0 unspecified atom stereocenters. The normalized spacial score (nSPS) is 15.1. The van der Waals surface area contributed by atoms with E-state index in [9.17, 15) is 4.79 Å². The fraction of sp³-hybridized carbons (Fsp3) is 0.200. The predicted molar refractivity (Wildman–Crippen MR) is 38.3 cm³/mol. The van der Waals surface area contributed by atoms with Crippen molar-refractivity contribution in [3.05, 3.63) is 15.0 Å². The van der Waals surface area contributed by atoms with Crippen LogP contribution >= 0.6 is 22.9 Å². The summed E-state index contributed by atoms with van der Waals surface area (Å²) in [5, 5.41) is 2.64. The third-order valence-electron chi connectivity index (χ3n) is 1.29. The molecule has 0 saturated heterocycles. The van der Waals surface area contributed by atoms with E-state index in [1.807, 2.05) is 0 Å². The van der Waals surface area contributed by atoms with Gasteiger partial charge >= 0.3 is 0 Å². The number of fused-ring (bicyclic) bond motifs is 1. The minimum absolute atomic E-state index is 0.0561. The Morgan fingerprint density at radius 1 is 1.70 bits per heavy atom. The molecule has 5 heteroatoms. The number of carbonyl (C=O) groups is 1. The summed E-state index contributed by atoms with van der Waals surface area (Å²) >= 11 is 6.80. The first-order chi connectivity index (χ1) is 4.77. The SMILES string of the molecule is O=C1NCc2nc(Cl)sc21. The first kappa shape index (κ1) is 6.12. The molecule has 2 heterocycles. The van der Waals surface area contributed by atoms with Gasteiger partial charge in [-0.3, -0.25) is 4.79 Å². The number of rotatable bonds is 0. The number of carbonyl (C=O) groups excluding carboxylic acids is 1. The number of nitrogens with zero attached hydrogens (tertiary/aromatic N) is 1.